The molecule has 1 N–H and O–H groups in total. The molecule has 0 spiro atoms. The molecule has 0 radical (unpaired) electrons. The number of nitrogens with zero attached hydrogens (tertiary/aromatic N) is 1. The Bertz CT molecular complexity index is 528. The summed E-state index contributed by atoms with van der Waals surface area (Å²) < 4.78 is 0. The molecule has 2 aliphatic carbocycles. The van der Waals surface area contributed by atoms with Gasteiger partial charge in [0.25, 0.3) is 0 Å². The Labute approximate surface area is 154 Å². The summed E-state index contributed by atoms with van der Waals surface area (Å²) in [6, 6.07) is 5.94. The van der Waals surface area contributed by atoms with Crippen LogP contribution in [0, 0.1) is 0 Å². The summed E-state index contributed by atoms with van der Waals surface area (Å²) >= 11 is 12.1. The molecule has 1 aromatic carbocycles. The molecule has 0 aromatic heterocycles. The fraction of sp³-hybridized carbons (Fsp3) is 0.632. The summed E-state index contributed by atoms with van der Waals surface area (Å²) in [7, 11) is 0. The quantitative estimate of drug-likeness (QED) is 0.649. The van der Waals surface area contributed by atoms with Crippen molar-refractivity contribution < 1.29 is 4.79 Å². The molecule has 2 amide bonds. The Morgan fingerprint density at radius 2 is 1.29 bits per heavy atom. The van der Waals surface area contributed by atoms with E-state index >= 15 is 0 Å². The second kappa shape index (κ2) is 8.44. The average molecular weight is 369 g/mol. The highest BCUT2D eigenvalue weighted by atomic mass is 35.5. The van der Waals surface area contributed by atoms with Crippen LogP contribution in [0.25, 0.3) is 0 Å². The summed E-state index contributed by atoms with van der Waals surface area (Å²) in [4.78, 5) is 15.2. The molecule has 5 heteroatoms. The van der Waals surface area contributed by atoms with Crippen LogP contribution >= 0.6 is 23.2 Å². The Hall–Kier alpha value is -0.930. The highest BCUT2D eigenvalue weighted by molar-refractivity contribution is 6.35. The van der Waals surface area contributed by atoms with E-state index in [1.54, 1.807) is 18.2 Å². The molecule has 3 nitrogen and oxygen atoms in total. The lowest BCUT2D eigenvalue weighted by Crippen LogP contribution is -2.50. The van der Waals surface area contributed by atoms with Crippen molar-refractivity contribution in [3.63, 3.8) is 0 Å². The highest BCUT2D eigenvalue weighted by Crippen LogP contribution is 2.31. The van der Waals surface area contributed by atoms with Crippen molar-refractivity contribution in [2.75, 3.05) is 5.32 Å². The van der Waals surface area contributed by atoms with Gasteiger partial charge in [0.2, 0.25) is 0 Å². The van der Waals surface area contributed by atoms with Crippen LogP contribution in [-0.4, -0.2) is 23.0 Å². The van der Waals surface area contributed by atoms with Gasteiger partial charge in [-0.15, -0.1) is 0 Å². The van der Waals surface area contributed by atoms with Crippen molar-refractivity contribution in [2.45, 2.75) is 76.3 Å². The van der Waals surface area contributed by atoms with Crippen molar-refractivity contribution in [1.82, 2.24) is 4.90 Å². The van der Waals surface area contributed by atoms with E-state index in [1.807, 2.05) is 0 Å². The second-order valence-electron chi connectivity index (χ2n) is 7.08. The maximum Gasteiger partial charge on any atom is 0.322 e. The predicted octanol–water partition coefficient (Wildman–Crippen LogP) is 6.49. The summed E-state index contributed by atoms with van der Waals surface area (Å²) in [6.45, 7) is 0. The number of rotatable bonds is 3. The number of carbonyl (C=O) groups excluding carboxylic acids is 1. The van der Waals surface area contributed by atoms with Crippen LogP contribution in [0.4, 0.5) is 10.5 Å². The fourth-order valence-electron chi connectivity index (χ4n) is 4.16. The van der Waals surface area contributed by atoms with Crippen LogP contribution in [-0.2, 0) is 0 Å². The van der Waals surface area contributed by atoms with E-state index in [4.69, 9.17) is 23.2 Å². The summed E-state index contributed by atoms with van der Waals surface area (Å²) in [5.74, 6) is 0. The van der Waals surface area contributed by atoms with Gasteiger partial charge >= 0.3 is 6.03 Å². The van der Waals surface area contributed by atoms with E-state index in [9.17, 15) is 4.79 Å². The molecule has 1 aromatic rings. The maximum absolute atomic E-state index is 13.1. The standard InChI is InChI=1S/C19H26Cl2N2O/c20-14-11-15(21)13-16(12-14)22-19(24)23(17-7-3-1-4-8-17)18-9-5-2-6-10-18/h11-13,17-18H,1-10H2,(H,22,24). The van der Waals surface area contributed by atoms with Crippen molar-refractivity contribution in [1.29, 1.82) is 0 Å². The first kappa shape index (κ1) is 17.9. The van der Waals surface area contributed by atoms with Gasteiger partial charge in [-0.3, -0.25) is 0 Å². The van der Waals surface area contributed by atoms with Gasteiger partial charge in [-0.2, -0.15) is 0 Å². The fourth-order valence-corrected chi connectivity index (χ4v) is 4.69. The summed E-state index contributed by atoms with van der Waals surface area (Å²) in [5.41, 5.74) is 0.675. The van der Waals surface area contributed by atoms with E-state index in [-0.39, 0.29) is 6.03 Å². The average Bonchev–Trinajstić information content (AvgIpc) is 2.56. The minimum atomic E-state index is 0.00660. The molecule has 2 saturated carbocycles. The van der Waals surface area contributed by atoms with Crippen LogP contribution in [0.1, 0.15) is 64.2 Å². The summed E-state index contributed by atoms with van der Waals surface area (Å²) in [6.07, 6.45) is 12.0. The molecule has 132 valence electrons. The van der Waals surface area contributed by atoms with E-state index in [1.165, 1.54) is 38.5 Å². The minimum Gasteiger partial charge on any atom is -0.319 e. The molecule has 0 unspecified atom stereocenters. The van der Waals surface area contributed by atoms with Crippen LogP contribution in [0.5, 0.6) is 0 Å². The van der Waals surface area contributed by atoms with Crippen LogP contribution in [0.2, 0.25) is 10.0 Å². The number of anilines is 1. The Balaban J connectivity index is 1.76. The molecule has 2 aliphatic rings. The van der Waals surface area contributed by atoms with E-state index < -0.39 is 0 Å². The lowest BCUT2D eigenvalue weighted by atomic mass is 9.89. The number of hydrogen-bond acceptors (Lipinski definition) is 1. The lowest BCUT2D eigenvalue weighted by Gasteiger charge is -2.41. The Morgan fingerprint density at radius 1 is 0.833 bits per heavy atom. The number of carbonyl (C=O) groups is 1. The molecule has 24 heavy (non-hydrogen) atoms. The van der Waals surface area contributed by atoms with Gasteiger partial charge in [0.05, 0.1) is 0 Å². The maximum atomic E-state index is 13.1. The second-order valence-corrected chi connectivity index (χ2v) is 7.95. The van der Waals surface area contributed by atoms with Gasteiger partial charge in [0.1, 0.15) is 0 Å². The zero-order valence-electron chi connectivity index (χ0n) is 14.1. The van der Waals surface area contributed by atoms with Crippen molar-refractivity contribution in [3.05, 3.63) is 28.2 Å². The number of nitrogens with one attached hydrogen (secondary N) is 1. The largest absolute Gasteiger partial charge is 0.322 e. The zero-order valence-corrected chi connectivity index (χ0v) is 15.6. The molecule has 0 atom stereocenters. The van der Waals surface area contributed by atoms with Crippen molar-refractivity contribution in [2.24, 2.45) is 0 Å². The van der Waals surface area contributed by atoms with Gasteiger partial charge < -0.3 is 10.2 Å². The van der Waals surface area contributed by atoms with Gasteiger partial charge in [-0.1, -0.05) is 61.7 Å². The third kappa shape index (κ3) is 4.58. The number of benzene rings is 1. The van der Waals surface area contributed by atoms with E-state index in [0.717, 1.165) is 25.7 Å². The SMILES string of the molecule is O=C(Nc1cc(Cl)cc(Cl)c1)N(C1CCCCC1)C1CCCCC1. The number of amides is 2. The molecule has 0 heterocycles. The summed E-state index contributed by atoms with van der Waals surface area (Å²) in [5, 5.41) is 4.12. The first-order valence-corrected chi connectivity index (χ1v) is 9.94. The minimum absolute atomic E-state index is 0.00660. The molecule has 0 saturated heterocycles. The van der Waals surface area contributed by atoms with E-state index in [0.29, 0.717) is 27.8 Å². The molecule has 2 fully saturated rings. The van der Waals surface area contributed by atoms with Gasteiger partial charge in [0.15, 0.2) is 0 Å². The van der Waals surface area contributed by atoms with E-state index in [2.05, 4.69) is 10.2 Å². The van der Waals surface area contributed by atoms with Gasteiger partial charge in [0, 0.05) is 27.8 Å². The molecule has 3 rings (SSSR count). The highest BCUT2D eigenvalue weighted by Gasteiger charge is 2.32. The third-order valence-electron chi connectivity index (χ3n) is 5.28. The van der Waals surface area contributed by atoms with Gasteiger partial charge in [-0.05, 0) is 43.9 Å². The molecular weight excluding hydrogens is 343 g/mol. The van der Waals surface area contributed by atoms with Crippen LogP contribution < -0.4 is 5.32 Å². The Morgan fingerprint density at radius 3 is 1.75 bits per heavy atom. The normalized spacial score (nSPS) is 19.9. The lowest BCUT2D eigenvalue weighted by molar-refractivity contribution is 0.114. The first-order valence-electron chi connectivity index (χ1n) is 9.19. The third-order valence-corrected chi connectivity index (χ3v) is 5.72. The van der Waals surface area contributed by atoms with Crippen LogP contribution in [0.3, 0.4) is 0 Å². The van der Waals surface area contributed by atoms with Crippen LogP contribution in [0.15, 0.2) is 18.2 Å². The molecule has 0 aliphatic heterocycles. The molecule has 0 bridgehead atoms. The zero-order chi connectivity index (χ0) is 16.9. The molecular formula is C19H26Cl2N2O. The topological polar surface area (TPSA) is 32.3 Å². The number of hydrogen-bond donors (Lipinski definition) is 1. The smallest absolute Gasteiger partial charge is 0.319 e. The van der Waals surface area contributed by atoms with Gasteiger partial charge in [-0.25, -0.2) is 4.79 Å². The number of halogens is 2. The Kier molecular flexibility index (Phi) is 6.29. The number of urea groups is 1. The predicted molar refractivity (Wildman–Crippen MR) is 101 cm³/mol. The first-order chi connectivity index (χ1) is 11.6. The van der Waals surface area contributed by atoms with Crippen molar-refractivity contribution in [3.8, 4) is 0 Å². The van der Waals surface area contributed by atoms with Crippen molar-refractivity contribution >= 4 is 34.9 Å². The monoisotopic (exact) mass is 368 g/mol.